The molecule has 1 heterocycles. The Kier molecular flexibility index (Phi) is 5.07. The van der Waals surface area contributed by atoms with Gasteiger partial charge in [-0.15, -0.1) is 0 Å². The monoisotopic (exact) mass is 328 g/mol. The number of hydrogen-bond donors (Lipinski definition) is 1. The van der Waals surface area contributed by atoms with E-state index in [0.717, 1.165) is 4.47 Å². The van der Waals surface area contributed by atoms with Crippen LogP contribution in [0.15, 0.2) is 33.5 Å². The highest BCUT2D eigenvalue weighted by Gasteiger charge is 2.15. The quantitative estimate of drug-likeness (QED) is 0.828. The highest BCUT2D eigenvalue weighted by Crippen LogP contribution is 2.28. The predicted molar refractivity (Wildman–Crippen MR) is 73.2 cm³/mol. The Hall–Kier alpha value is -1.24. The van der Waals surface area contributed by atoms with Crippen molar-refractivity contribution in [3.05, 3.63) is 40.6 Å². The van der Waals surface area contributed by atoms with E-state index in [1.165, 1.54) is 12.5 Å². The lowest BCUT2D eigenvalue weighted by Crippen LogP contribution is -2.19. The van der Waals surface area contributed by atoms with E-state index in [0.29, 0.717) is 36.7 Å². The maximum atomic E-state index is 13.8. The maximum Gasteiger partial charge on any atom is 0.181 e. The summed E-state index contributed by atoms with van der Waals surface area (Å²) in [6.45, 7) is 1.81. The van der Waals surface area contributed by atoms with E-state index < -0.39 is 0 Å². The molecule has 0 amide bonds. The van der Waals surface area contributed by atoms with Gasteiger partial charge in [0.1, 0.15) is 11.5 Å². The van der Waals surface area contributed by atoms with E-state index in [-0.39, 0.29) is 5.82 Å². The summed E-state index contributed by atoms with van der Waals surface area (Å²) in [5.74, 6) is 0.113. The normalized spacial score (nSPS) is 10.9. The van der Waals surface area contributed by atoms with Crippen LogP contribution in [-0.4, -0.2) is 25.2 Å². The van der Waals surface area contributed by atoms with Crippen LogP contribution in [0.5, 0.6) is 0 Å². The summed E-state index contributed by atoms with van der Waals surface area (Å²) in [7, 11) is 1.64. The zero-order valence-corrected chi connectivity index (χ0v) is 12.0. The average Bonchev–Trinajstić information content (AvgIpc) is 2.86. The van der Waals surface area contributed by atoms with Gasteiger partial charge in [-0.3, -0.25) is 0 Å². The number of benzene rings is 1. The highest BCUT2D eigenvalue weighted by molar-refractivity contribution is 9.10. The van der Waals surface area contributed by atoms with Crippen molar-refractivity contribution in [1.29, 1.82) is 0 Å². The highest BCUT2D eigenvalue weighted by atomic mass is 79.9. The van der Waals surface area contributed by atoms with E-state index in [1.807, 2.05) is 0 Å². The SMILES string of the molecule is COCCNCc1ncoc1-c1cc(Br)ccc1F. The fraction of sp³-hybridized carbons (Fsp3) is 0.308. The molecule has 0 saturated heterocycles. The van der Waals surface area contributed by atoms with E-state index >= 15 is 0 Å². The molecule has 0 saturated carbocycles. The second kappa shape index (κ2) is 6.79. The third-order valence-electron chi connectivity index (χ3n) is 2.59. The second-order valence-corrected chi connectivity index (χ2v) is 4.84. The van der Waals surface area contributed by atoms with Crippen molar-refractivity contribution >= 4 is 15.9 Å². The van der Waals surface area contributed by atoms with Gasteiger partial charge in [0.05, 0.1) is 12.2 Å². The van der Waals surface area contributed by atoms with Gasteiger partial charge >= 0.3 is 0 Å². The Balaban J connectivity index is 2.16. The lowest BCUT2D eigenvalue weighted by Gasteiger charge is -2.05. The van der Waals surface area contributed by atoms with Gasteiger partial charge in [-0.1, -0.05) is 15.9 Å². The second-order valence-electron chi connectivity index (χ2n) is 3.92. The van der Waals surface area contributed by atoms with Gasteiger partial charge in [-0.2, -0.15) is 0 Å². The summed E-state index contributed by atoms with van der Waals surface area (Å²) < 4.78 is 24.8. The minimum atomic E-state index is -0.335. The lowest BCUT2D eigenvalue weighted by molar-refractivity contribution is 0.199. The molecule has 1 aromatic heterocycles. The Bertz CT molecular complexity index is 545. The summed E-state index contributed by atoms with van der Waals surface area (Å²) in [6, 6.07) is 4.71. The molecule has 102 valence electrons. The van der Waals surface area contributed by atoms with Gasteiger partial charge in [-0.25, -0.2) is 9.37 Å². The summed E-state index contributed by atoms with van der Waals surface area (Å²) in [5.41, 5.74) is 1.07. The topological polar surface area (TPSA) is 47.3 Å². The number of methoxy groups -OCH3 is 1. The smallest absolute Gasteiger partial charge is 0.181 e. The molecule has 0 fully saturated rings. The molecular formula is C13H14BrFN2O2. The Morgan fingerprint density at radius 3 is 3.11 bits per heavy atom. The van der Waals surface area contributed by atoms with Crippen molar-refractivity contribution in [2.24, 2.45) is 0 Å². The molecule has 0 radical (unpaired) electrons. The third kappa shape index (κ3) is 3.62. The first-order valence-electron chi connectivity index (χ1n) is 5.80. The average molecular weight is 329 g/mol. The van der Waals surface area contributed by atoms with Crippen LogP contribution >= 0.6 is 15.9 Å². The van der Waals surface area contributed by atoms with Gasteiger partial charge in [0.25, 0.3) is 0 Å². The summed E-state index contributed by atoms with van der Waals surface area (Å²) in [4.78, 5) is 4.11. The molecule has 1 N–H and O–H groups in total. The molecule has 0 atom stereocenters. The van der Waals surface area contributed by atoms with E-state index in [4.69, 9.17) is 9.15 Å². The van der Waals surface area contributed by atoms with Crippen LogP contribution in [0, 0.1) is 5.82 Å². The van der Waals surface area contributed by atoms with Crippen LogP contribution in [0.3, 0.4) is 0 Å². The summed E-state index contributed by atoms with van der Waals surface area (Å²) in [6.07, 6.45) is 1.32. The van der Waals surface area contributed by atoms with E-state index in [9.17, 15) is 4.39 Å². The number of nitrogens with one attached hydrogen (secondary N) is 1. The maximum absolute atomic E-state index is 13.8. The fourth-order valence-corrected chi connectivity index (χ4v) is 2.03. The molecule has 19 heavy (non-hydrogen) atoms. The number of nitrogens with zero attached hydrogens (tertiary/aromatic N) is 1. The Labute approximate surface area is 119 Å². The van der Waals surface area contributed by atoms with Gasteiger partial charge in [0, 0.05) is 24.7 Å². The van der Waals surface area contributed by atoms with Gasteiger partial charge in [0.15, 0.2) is 12.2 Å². The van der Waals surface area contributed by atoms with Crippen LogP contribution in [-0.2, 0) is 11.3 Å². The number of rotatable bonds is 6. The number of aromatic nitrogens is 1. The molecule has 1 aromatic carbocycles. The number of hydrogen-bond acceptors (Lipinski definition) is 4. The first kappa shape index (κ1) is 14.2. The number of ether oxygens (including phenoxy) is 1. The van der Waals surface area contributed by atoms with Crippen molar-refractivity contribution in [2.45, 2.75) is 6.54 Å². The molecule has 0 aliphatic heterocycles. The first-order chi connectivity index (χ1) is 9.22. The third-order valence-corrected chi connectivity index (χ3v) is 3.08. The van der Waals surface area contributed by atoms with Crippen molar-refractivity contribution in [1.82, 2.24) is 10.3 Å². The molecule has 4 nitrogen and oxygen atoms in total. The minimum absolute atomic E-state index is 0.335. The van der Waals surface area contributed by atoms with E-state index in [2.05, 4.69) is 26.2 Å². The van der Waals surface area contributed by atoms with Crippen molar-refractivity contribution < 1.29 is 13.5 Å². The molecule has 0 spiro atoms. The Morgan fingerprint density at radius 2 is 2.32 bits per heavy atom. The van der Waals surface area contributed by atoms with E-state index in [1.54, 1.807) is 19.2 Å². The fourth-order valence-electron chi connectivity index (χ4n) is 1.67. The largest absolute Gasteiger partial charge is 0.443 e. The van der Waals surface area contributed by atoms with Crippen LogP contribution in [0.1, 0.15) is 5.69 Å². The lowest BCUT2D eigenvalue weighted by atomic mass is 10.1. The van der Waals surface area contributed by atoms with Crippen LogP contribution < -0.4 is 5.32 Å². The molecule has 0 bridgehead atoms. The van der Waals surface area contributed by atoms with Crippen molar-refractivity contribution in [3.63, 3.8) is 0 Å². The molecule has 0 unspecified atom stereocenters. The summed E-state index contributed by atoms with van der Waals surface area (Å²) in [5, 5.41) is 3.15. The van der Waals surface area contributed by atoms with Gasteiger partial charge in [0.2, 0.25) is 0 Å². The number of oxazole rings is 1. The van der Waals surface area contributed by atoms with Gasteiger partial charge < -0.3 is 14.5 Å². The first-order valence-corrected chi connectivity index (χ1v) is 6.59. The Morgan fingerprint density at radius 1 is 1.47 bits per heavy atom. The number of halogens is 2. The van der Waals surface area contributed by atoms with Crippen LogP contribution in [0.2, 0.25) is 0 Å². The standard InChI is InChI=1S/C13H14BrFN2O2/c1-18-5-4-16-7-12-13(19-8-17-12)10-6-9(14)2-3-11(10)15/h2-3,6,8,16H,4-5,7H2,1H3. The molecule has 0 aliphatic rings. The minimum Gasteiger partial charge on any atom is -0.443 e. The molecule has 6 heteroatoms. The zero-order chi connectivity index (χ0) is 13.7. The zero-order valence-electron chi connectivity index (χ0n) is 10.5. The molecule has 2 rings (SSSR count). The molecule has 2 aromatic rings. The summed E-state index contributed by atoms with van der Waals surface area (Å²) >= 11 is 3.32. The van der Waals surface area contributed by atoms with Crippen LogP contribution in [0.4, 0.5) is 4.39 Å². The predicted octanol–water partition coefficient (Wildman–Crippen LogP) is 2.98. The molecule has 0 aliphatic carbocycles. The van der Waals surface area contributed by atoms with Crippen molar-refractivity contribution in [2.75, 3.05) is 20.3 Å². The van der Waals surface area contributed by atoms with Crippen LogP contribution in [0.25, 0.3) is 11.3 Å². The van der Waals surface area contributed by atoms with Crippen molar-refractivity contribution in [3.8, 4) is 11.3 Å². The molecular weight excluding hydrogens is 315 g/mol. The van der Waals surface area contributed by atoms with Gasteiger partial charge in [-0.05, 0) is 18.2 Å².